The highest BCUT2D eigenvalue weighted by Gasteiger charge is 2.15. The Morgan fingerprint density at radius 3 is 2.58 bits per heavy atom. The molecule has 0 radical (unpaired) electrons. The molecule has 2 nitrogen and oxygen atoms in total. The third-order valence-corrected chi connectivity index (χ3v) is 3.70. The molecular formula is C17H24O2. The Morgan fingerprint density at radius 2 is 1.95 bits per heavy atom. The lowest BCUT2D eigenvalue weighted by molar-refractivity contribution is -0.119. The molecule has 1 fully saturated rings. The molecule has 0 amide bonds. The van der Waals surface area contributed by atoms with Crippen LogP contribution in [0.3, 0.4) is 0 Å². The fraction of sp³-hybridized carbons (Fsp3) is 0.588. The molecule has 0 aromatic heterocycles. The Hall–Kier alpha value is -1.15. The molecule has 104 valence electrons. The number of rotatable bonds is 5. The van der Waals surface area contributed by atoms with Gasteiger partial charge < -0.3 is 4.74 Å². The van der Waals surface area contributed by atoms with Crippen LogP contribution in [0, 0.1) is 13.8 Å². The van der Waals surface area contributed by atoms with E-state index in [4.69, 9.17) is 4.74 Å². The SMILES string of the molecule is Cc1cc(C)cc(CC(=O)CCC2CCCCO2)c1. The van der Waals surface area contributed by atoms with E-state index in [0.717, 1.165) is 25.0 Å². The molecule has 1 aliphatic heterocycles. The Morgan fingerprint density at radius 1 is 1.21 bits per heavy atom. The molecule has 0 aliphatic carbocycles. The minimum absolute atomic E-state index is 0.317. The maximum absolute atomic E-state index is 12.0. The van der Waals surface area contributed by atoms with E-state index in [1.165, 1.54) is 24.0 Å². The number of carbonyl (C=O) groups is 1. The van der Waals surface area contributed by atoms with Crippen molar-refractivity contribution in [3.8, 4) is 0 Å². The first kappa shape index (κ1) is 14.3. The second-order valence-corrected chi connectivity index (χ2v) is 5.74. The van der Waals surface area contributed by atoms with Gasteiger partial charge in [0.15, 0.2) is 0 Å². The number of Topliss-reactive ketones (excluding diaryl/α,β-unsaturated/α-hetero) is 1. The van der Waals surface area contributed by atoms with Gasteiger partial charge in [0, 0.05) is 19.4 Å². The summed E-state index contributed by atoms with van der Waals surface area (Å²) in [5.41, 5.74) is 3.61. The first-order valence-electron chi connectivity index (χ1n) is 7.34. The molecule has 0 saturated carbocycles. The summed E-state index contributed by atoms with van der Waals surface area (Å²) in [6, 6.07) is 6.37. The van der Waals surface area contributed by atoms with Crippen LogP contribution in [0.15, 0.2) is 18.2 Å². The quantitative estimate of drug-likeness (QED) is 0.805. The van der Waals surface area contributed by atoms with Crippen LogP contribution in [0.2, 0.25) is 0 Å². The van der Waals surface area contributed by atoms with E-state index < -0.39 is 0 Å². The lowest BCUT2D eigenvalue weighted by Gasteiger charge is -2.22. The predicted molar refractivity (Wildman–Crippen MR) is 77.5 cm³/mol. The number of benzene rings is 1. The van der Waals surface area contributed by atoms with Crippen molar-refractivity contribution in [1.82, 2.24) is 0 Å². The van der Waals surface area contributed by atoms with E-state index in [0.29, 0.717) is 24.7 Å². The predicted octanol–water partition coefficient (Wildman–Crippen LogP) is 3.76. The highest BCUT2D eigenvalue weighted by Crippen LogP contribution is 2.18. The molecule has 0 bridgehead atoms. The Bertz CT molecular complexity index is 411. The lowest BCUT2D eigenvalue weighted by atomic mass is 9.98. The first-order valence-corrected chi connectivity index (χ1v) is 7.34. The monoisotopic (exact) mass is 260 g/mol. The highest BCUT2D eigenvalue weighted by molar-refractivity contribution is 5.80. The van der Waals surface area contributed by atoms with Gasteiger partial charge in [-0.25, -0.2) is 0 Å². The molecule has 0 spiro atoms. The largest absolute Gasteiger partial charge is 0.378 e. The molecule has 19 heavy (non-hydrogen) atoms. The van der Waals surface area contributed by atoms with Crippen LogP contribution in [0.4, 0.5) is 0 Å². The minimum atomic E-state index is 0.317. The smallest absolute Gasteiger partial charge is 0.137 e. The third-order valence-electron chi connectivity index (χ3n) is 3.70. The third kappa shape index (κ3) is 4.79. The van der Waals surface area contributed by atoms with E-state index in [9.17, 15) is 4.79 Å². The summed E-state index contributed by atoms with van der Waals surface area (Å²) in [5, 5.41) is 0. The van der Waals surface area contributed by atoms with Crippen LogP contribution < -0.4 is 0 Å². The first-order chi connectivity index (χ1) is 9.13. The zero-order valence-electron chi connectivity index (χ0n) is 12.1. The average molecular weight is 260 g/mol. The molecule has 2 heteroatoms. The van der Waals surface area contributed by atoms with Gasteiger partial charge >= 0.3 is 0 Å². The summed E-state index contributed by atoms with van der Waals surface area (Å²) >= 11 is 0. The topological polar surface area (TPSA) is 26.3 Å². The molecule has 1 saturated heterocycles. The molecule has 1 atom stereocenters. The second kappa shape index (κ2) is 6.85. The number of ketones is 1. The summed E-state index contributed by atoms with van der Waals surface area (Å²) in [4.78, 5) is 12.0. The summed E-state index contributed by atoms with van der Waals surface area (Å²) in [6.07, 6.45) is 5.97. The number of carbonyl (C=O) groups excluding carboxylic acids is 1. The molecule has 1 heterocycles. The summed E-state index contributed by atoms with van der Waals surface area (Å²) < 4.78 is 5.66. The van der Waals surface area contributed by atoms with Crippen molar-refractivity contribution in [2.24, 2.45) is 0 Å². The van der Waals surface area contributed by atoms with Gasteiger partial charge in [-0.1, -0.05) is 29.3 Å². The zero-order valence-corrected chi connectivity index (χ0v) is 12.1. The molecule has 1 unspecified atom stereocenters. The molecular weight excluding hydrogens is 236 g/mol. The van der Waals surface area contributed by atoms with Gasteiger partial charge in [0.1, 0.15) is 5.78 Å². The average Bonchev–Trinajstić information content (AvgIpc) is 2.36. The van der Waals surface area contributed by atoms with Crippen LogP contribution >= 0.6 is 0 Å². The Kier molecular flexibility index (Phi) is 5.15. The maximum atomic E-state index is 12.0. The van der Waals surface area contributed by atoms with Gasteiger partial charge in [0.2, 0.25) is 0 Å². The van der Waals surface area contributed by atoms with Crippen molar-refractivity contribution in [3.05, 3.63) is 34.9 Å². The van der Waals surface area contributed by atoms with Crippen LogP contribution in [-0.4, -0.2) is 18.5 Å². The number of hydrogen-bond acceptors (Lipinski definition) is 2. The minimum Gasteiger partial charge on any atom is -0.378 e. The second-order valence-electron chi connectivity index (χ2n) is 5.74. The summed E-state index contributed by atoms with van der Waals surface area (Å²) in [5.74, 6) is 0.333. The van der Waals surface area contributed by atoms with Crippen molar-refractivity contribution in [2.45, 2.75) is 58.5 Å². The Balaban J connectivity index is 1.80. The standard InChI is InChI=1S/C17H24O2/c1-13-9-14(2)11-15(10-13)12-16(18)6-7-17-5-3-4-8-19-17/h9-11,17H,3-8,12H2,1-2H3. The van der Waals surface area contributed by atoms with Gasteiger partial charge in [-0.3, -0.25) is 4.79 Å². The van der Waals surface area contributed by atoms with Gasteiger partial charge in [-0.05, 0) is 45.1 Å². The van der Waals surface area contributed by atoms with E-state index >= 15 is 0 Å². The van der Waals surface area contributed by atoms with Crippen LogP contribution in [0.1, 0.15) is 48.8 Å². The van der Waals surface area contributed by atoms with E-state index in [-0.39, 0.29) is 0 Å². The molecule has 1 aromatic carbocycles. The van der Waals surface area contributed by atoms with Gasteiger partial charge in [0.25, 0.3) is 0 Å². The van der Waals surface area contributed by atoms with Crippen molar-refractivity contribution in [2.75, 3.05) is 6.61 Å². The summed E-state index contributed by atoms with van der Waals surface area (Å²) in [7, 11) is 0. The lowest BCUT2D eigenvalue weighted by Crippen LogP contribution is -2.20. The van der Waals surface area contributed by atoms with Crippen molar-refractivity contribution in [1.29, 1.82) is 0 Å². The molecule has 1 aromatic rings. The van der Waals surface area contributed by atoms with Crippen LogP contribution in [-0.2, 0) is 16.0 Å². The van der Waals surface area contributed by atoms with Crippen molar-refractivity contribution < 1.29 is 9.53 Å². The normalized spacial score (nSPS) is 19.4. The highest BCUT2D eigenvalue weighted by atomic mass is 16.5. The zero-order chi connectivity index (χ0) is 13.7. The number of aryl methyl sites for hydroxylation is 2. The van der Waals surface area contributed by atoms with Crippen LogP contribution in [0.5, 0.6) is 0 Å². The number of hydrogen-bond donors (Lipinski definition) is 0. The van der Waals surface area contributed by atoms with Gasteiger partial charge in [0.05, 0.1) is 6.10 Å². The fourth-order valence-electron chi connectivity index (χ4n) is 2.84. The maximum Gasteiger partial charge on any atom is 0.137 e. The summed E-state index contributed by atoms with van der Waals surface area (Å²) in [6.45, 7) is 5.03. The van der Waals surface area contributed by atoms with Crippen LogP contribution in [0.25, 0.3) is 0 Å². The molecule has 1 aliphatic rings. The van der Waals surface area contributed by atoms with Gasteiger partial charge in [-0.2, -0.15) is 0 Å². The Labute approximate surface area is 116 Å². The van der Waals surface area contributed by atoms with E-state index in [2.05, 4.69) is 32.0 Å². The van der Waals surface area contributed by atoms with E-state index in [1.807, 2.05) is 0 Å². The van der Waals surface area contributed by atoms with E-state index in [1.54, 1.807) is 0 Å². The van der Waals surface area contributed by atoms with Crippen molar-refractivity contribution >= 4 is 5.78 Å². The van der Waals surface area contributed by atoms with Gasteiger partial charge in [-0.15, -0.1) is 0 Å². The number of ether oxygens (including phenoxy) is 1. The fourth-order valence-corrected chi connectivity index (χ4v) is 2.84. The molecule has 2 rings (SSSR count). The molecule has 0 N–H and O–H groups in total. The van der Waals surface area contributed by atoms with Crippen molar-refractivity contribution in [3.63, 3.8) is 0 Å².